The summed E-state index contributed by atoms with van der Waals surface area (Å²) in [6, 6.07) is 5.72. The fourth-order valence-electron chi connectivity index (χ4n) is 2.64. The molecule has 0 bridgehead atoms. The molecule has 1 aliphatic heterocycles. The zero-order valence-electron chi connectivity index (χ0n) is 11.1. The second-order valence-corrected chi connectivity index (χ2v) is 6.76. The fourth-order valence-corrected chi connectivity index (χ4v) is 3.34. The number of amides is 1. The van der Waals surface area contributed by atoms with Crippen LogP contribution >= 0.6 is 0 Å². The Bertz CT molecular complexity index is 787. The van der Waals surface area contributed by atoms with E-state index in [4.69, 9.17) is 0 Å². The molecule has 1 amide bonds. The number of benzene rings is 1. The third-order valence-electron chi connectivity index (χ3n) is 3.80. The molecule has 0 saturated carbocycles. The van der Waals surface area contributed by atoms with Gasteiger partial charge in [-0.15, -0.1) is 3.89 Å². The molecular formula is C13H14FN3O3S. The number of carbonyl (C=O) groups excluding carboxylic acids is 1. The van der Waals surface area contributed by atoms with Crippen LogP contribution in [0.15, 0.2) is 24.4 Å². The lowest BCUT2D eigenvalue weighted by Crippen LogP contribution is -2.29. The molecule has 112 valence electrons. The van der Waals surface area contributed by atoms with Crippen LogP contribution in [0.2, 0.25) is 0 Å². The molecule has 21 heavy (non-hydrogen) atoms. The zero-order valence-corrected chi connectivity index (χ0v) is 11.9. The molecule has 0 aliphatic carbocycles. The van der Waals surface area contributed by atoms with Gasteiger partial charge in [0.25, 0.3) is 0 Å². The minimum atomic E-state index is -4.65. The summed E-state index contributed by atoms with van der Waals surface area (Å²) in [6.07, 6.45) is 2.02. The van der Waals surface area contributed by atoms with Crippen LogP contribution in [0.4, 0.5) is 3.89 Å². The average molecular weight is 311 g/mol. The molecule has 2 heterocycles. The van der Waals surface area contributed by atoms with Crippen LogP contribution < -0.4 is 0 Å². The molecule has 3 rings (SSSR count). The summed E-state index contributed by atoms with van der Waals surface area (Å²) in [5.74, 6) is -0.319. The van der Waals surface area contributed by atoms with Gasteiger partial charge in [-0.25, -0.2) is 0 Å². The summed E-state index contributed by atoms with van der Waals surface area (Å²) >= 11 is 0. The first-order valence-corrected chi connectivity index (χ1v) is 8.02. The van der Waals surface area contributed by atoms with E-state index in [9.17, 15) is 17.1 Å². The highest BCUT2D eigenvalue weighted by molar-refractivity contribution is 7.87. The summed E-state index contributed by atoms with van der Waals surface area (Å²) in [5.41, 5.74) is 1.92. The van der Waals surface area contributed by atoms with Gasteiger partial charge in [0, 0.05) is 24.9 Å². The number of hydrogen-bond acceptors (Lipinski definition) is 4. The molecule has 0 spiro atoms. The van der Waals surface area contributed by atoms with Crippen molar-refractivity contribution in [2.45, 2.75) is 18.1 Å². The van der Waals surface area contributed by atoms with Crippen LogP contribution in [0.5, 0.6) is 0 Å². The number of hydrogen-bond donors (Lipinski definition) is 1. The van der Waals surface area contributed by atoms with Crippen molar-refractivity contribution in [3.63, 3.8) is 0 Å². The Morgan fingerprint density at radius 3 is 2.95 bits per heavy atom. The van der Waals surface area contributed by atoms with Gasteiger partial charge in [0.15, 0.2) is 0 Å². The summed E-state index contributed by atoms with van der Waals surface area (Å²) in [4.78, 5) is 13.1. The lowest BCUT2D eigenvalue weighted by atomic mass is 10.1. The zero-order chi connectivity index (χ0) is 15.0. The van der Waals surface area contributed by atoms with E-state index >= 15 is 0 Å². The number of nitrogens with one attached hydrogen (secondary N) is 1. The maximum atomic E-state index is 13.0. The maximum Gasteiger partial charge on any atom is 0.307 e. The van der Waals surface area contributed by atoms with E-state index in [1.807, 2.05) is 18.2 Å². The van der Waals surface area contributed by atoms with Gasteiger partial charge >= 0.3 is 10.2 Å². The normalized spacial score (nSPS) is 19.6. The number of carbonyl (C=O) groups is 1. The first-order chi connectivity index (χ1) is 9.95. The lowest BCUT2D eigenvalue weighted by Gasteiger charge is -2.16. The molecule has 1 atom stereocenters. The van der Waals surface area contributed by atoms with E-state index in [-0.39, 0.29) is 18.9 Å². The minimum Gasteiger partial charge on any atom is -0.341 e. The summed E-state index contributed by atoms with van der Waals surface area (Å²) < 4.78 is 34.7. The van der Waals surface area contributed by atoms with Crippen molar-refractivity contribution in [1.29, 1.82) is 0 Å². The van der Waals surface area contributed by atoms with E-state index in [1.165, 1.54) is 4.90 Å². The Hall–Kier alpha value is -1.96. The van der Waals surface area contributed by atoms with Crippen molar-refractivity contribution in [3.8, 4) is 0 Å². The second-order valence-electron chi connectivity index (χ2n) is 5.14. The van der Waals surface area contributed by atoms with E-state index in [0.717, 1.165) is 16.5 Å². The largest absolute Gasteiger partial charge is 0.341 e. The van der Waals surface area contributed by atoms with Gasteiger partial charge in [-0.1, -0.05) is 12.1 Å². The van der Waals surface area contributed by atoms with Gasteiger partial charge in [0.1, 0.15) is 5.25 Å². The lowest BCUT2D eigenvalue weighted by molar-refractivity contribution is -0.127. The number of nitrogens with zero attached hydrogens (tertiary/aromatic N) is 2. The Morgan fingerprint density at radius 2 is 2.24 bits per heavy atom. The highest BCUT2D eigenvalue weighted by atomic mass is 32.3. The Kier molecular flexibility index (Phi) is 3.40. The quantitative estimate of drug-likeness (QED) is 0.854. The van der Waals surface area contributed by atoms with Crippen LogP contribution in [0.3, 0.4) is 0 Å². The van der Waals surface area contributed by atoms with Crippen LogP contribution in [-0.4, -0.2) is 47.8 Å². The number of halogens is 1. The first-order valence-electron chi connectivity index (χ1n) is 6.57. The Morgan fingerprint density at radius 1 is 1.43 bits per heavy atom. The van der Waals surface area contributed by atoms with Crippen molar-refractivity contribution in [2.24, 2.45) is 0 Å². The third-order valence-corrected chi connectivity index (χ3v) is 4.92. The second kappa shape index (κ2) is 5.10. The number of aromatic amines is 1. The topological polar surface area (TPSA) is 83.1 Å². The van der Waals surface area contributed by atoms with Crippen LogP contribution in [0.1, 0.15) is 12.0 Å². The molecule has 1 aromatic carbocycles. The Balaban J connectivity index is 1.71. The van der Waals surface area contributed by atoms with Crippen LogP contribution in [-0.2, 0) is 21.4 Å². The van der Waals surface area contributed by atoms with E-state index in [2.05, 4.69) is 10.2 Å². The van der Waals surface area contributed by atoms with Crippen LogP contribution in [0.25, 0.3) is 10.9 Å². The van der Waals surface area contributed by atoms with Gasteiger partial charge in [-0.3, -0.25) is 9.89 Å². The molecule has 1 N–H and O–H groups in total. The Labute approximate surface area is 121 Å². The minimum absolute atomic E-state index is 0.0704. The third kappa shape index (κ3) is 2.76. The molecule has 1 fully saturated rings. The van der Waals surface area contributed by atoms with Crippen molar-refractivity contribution in [3.05, 3.63) is 30.0 Å². The van der Waals surface area contributed by atoms with Crippen molar-refractivity contribution < 1.29 is 17.1 Å². The monoisotopic (exact) mass is 311 g/mol. The van der Waals surface area contributed by atoms with Gasteiger partial charge in [0.05, 0.1) is 11.7 Å². The molecule has 1 unspecified atom stereocenters. The summed E-state index contributed by atoms with van der Waals surface area (Å²) in [5, 5.41) is 6.57. The predicted molar refractivity (Wildman–Crippen MR) is 74.8 cm³/mol. The van der Waals surface area contributed by atoms with Crippen molar-refractivity contribution >= 4 is 27.0 Å². The first kappa shape index (κ1) is 14.0. The average Bonchev–Trinajstić information content (AvgIpc) is 3.02. The number of rotatable bonds is 4. The van der Waals surface area contributed by atoms with Gasteiger partial charge in [-0.2, -0.15) is 13.5 Å². The maximum absolute atomic E-state index is 13.0. The summed E-state index contributed by atoms with van der Waals surface area (Å²) in [7, 11) is -4.65. The van der Waals surface area contributed by atoms with Crippen molar-refractivity contribution in [2.75, 3.05) is 13.1 Å². The number of fused-ring (bicyclic) bond motifs is 1. The highest BCUT2D eigenvalue weighted by Crippen LogP contribution is 2.21. The number of H-pyrrole nitrogens is 1. The van der Waals surface area contributed by atoms with E-state index in [0.29, 0.717) is 13.0 Å². The molecular weight excluding hydrogens is 297 g/mol. The van der Waals surface area contributed by atoms with Crippen LogP contribution in [0, 0.1) is 0 Å². The number of likely N-dealkylation sites (tertiary alicyclic amines) is 1. The van der Waals surface area contributed by atoms with Gasteiger partial charge in [-0.05, 0) is 18.1 Å². The van der Waals surface area contributed by atoms with E-state index in [1.54, 1.807) is 6.20 Å². The van der Waals surface area contributed by atoms with Gasteiger partial charge < -0.3 is 4.90 Å². The van der Waals surface area contributed by atoms with Gasteiger partial charge in [0.2, 0.25) is 5.91 Å². The molecule has 8 heteroatoms. The molecule has 6 nitrogen and oxygen atoms in total. The molecule has 0 radical (unpaired) electrons. The SMILES string of the molecule is O=C1CC(S(=O)(=O)F)CN1CCc1cccc2[nH]ncc12. The standard InChI is InChI=1S/C13H14FN3O3S/c14-21(19,20)10-6-13(18)17(8-10)5-4-9-2-1-3-12-11(9)7-15-16-12/h1-3,7,10H,4-6,8H2,(H,15,16). The molecule has 2 aromatic rings. The number of aromatic nitrogens is 2. The molecule has 1 aromatic heterocycles. The predicted octanol–water partition coefficient (Wildman–Crippen LogP) is 1.01. The van der Waals surface area contributed by atoms with E-state index < -0.39 is 15.5 Å². The smallest absolute Gasteiger partial charge is 0.307 e. The fraction of sp³-hybridized carbons (Fsp3) is 0.385. The summed E-state index contributed by atoms with van der Waals surface area (Å²) in [6.45, 7) is 0.300. The van der Waals surface area contributed by atoms with Crippen molar-refractivity contribution in [1.82, 2.24) is 15.1 Å². The highest BCUT2D eigenvalue weighted by Gasteiger charge is 2.38. The molecule has 1 aliphatic rings. The molecule has 1 saturated heterocycles.